The largest absolute Gasteiger partial charge is 0.341 e. The summed E-state index contributed by atoms with van der Waals surface area (Å²) in [6.07, 6.45) is 6.42. The molecule has 11 nitrogen and oxygen atoms in total. The molecule has 0 unspecified atom stereocenters. The number of nitrogens with one attached hydrogen (secondary N) is 3. The first-order valence-electron chi connectivity index (χ1n) is 13.4. The fourth-order valence-corrected chi connectivity index (χ4v) is 5.58. The van der Waals surface area contributed by atoms with E-state index in [0.29, 0.717) is 5.82 Å². The molecule has 0 amide bonds. The molecule has 2 aliphatic rings. The Morgan fingerprint density at radius 1 is 1.05 bits per heavy atom. The van der Waals surface area contributed by atoms with Crippen LogP contribution in [0, 0.1) is 19.7 Å². The lowest BCUT2D eigenvalue weighted by molar-refractivity contribution is 0.0811. The Morgan fingerprint density at radius 2 is 1.90 bits per heavy atom. The van der Waals surface area contributed by atoms with Crippen LogP contribution in [0.4, 0.5) is 22.0 Å². The summed E-state index contributed by atoms with van der Waals surface area (Å²) in [5.74, 6) is 2.48. The van der Waals surface area contributed by atoms with E-state index < -0.39 is 0 Å². The van der Waals surface area contributed by atoms with Crippen molar-refractivity contribution in [2.75, 3.05) is 42.9 Å². The maximum Gasteiger partial charge on any atom is 0.227 e. The first-order valence-corrected chi connectivity index (χ1v) is 13.4. The SMILES string of the molecule is Cc1cc(Nc2cc(C)[nH]n2)nc(N2CCC3(CC2)CN([C@@H](C)c2ccc(-n4cc(F)cn4)nc2)CCN3)n1. The summed E-state index contributed by atoms with van der Waals surface area (Å²) in [6, 6.07) is 8.07. The van der Waals surface area contributed by atoms with Crippen LogP contribution in [0.15, 0.2) is 42.9 Å². The standard InChI is InChI=1S/C27H34FN11/c1-18-12-23(33-24-13-19(2)35-36-24)34-26(32-18)37-9-6-27(7-10-37)17-38(11-8-30-27)20(3)21-4-5-25(29-14-21)39-16-22(28)15-31-39/h4-5,12-16,20,30H,6-11,17H2,1-3H3,(H2,32,33,34,35,36)/t20-/m0/s1. The summed E-state index contributed by atoms with van der Waals surface area (Å²) in [5, 5.41) is 18.3. The zero-order chi connectivity index (χ0) is 27.0. The molecule has 0 saturated carbocycles. The van der Waals surface area contributed by atoms with Crippen molar-refractivity contribution in [3.05, 3.63) is 65.6 Å². The summed E-state index contributed by atoms with van der Waals surface area (Å²) in [7, 11) is 0. The number of aryl methyl sites for hydroxylation is 2. The summed E-state index contributed by atoms with van der Waals surface area (Å²) in [6.45, 7) is 10.9. The Balaban J connectivity index is 1.10. The molecule has 1 atom stereocenters. The zero-order valence-corrected chi connectivity index (χ0v) is 22.5. The van der Waals surface area contributed by atoms with E-state index in [9.17, 15) is 4.39 Å². The summed E-state index contributed by atoms with van der Waals surface area (Å²) in [4.78, 5) is 18.9. The van der Waals surface area contributed by atoms with Crippen LogP contribution in [-0.4, -0.2) is 78.1 Å². The van der Waals surface area contributed by atoms with Crippen LogP contribution in [0.25, 0.3) is 5.82 Å². The molecule has 0 radical (unpaired) electrons. The molecule has 2 fully saturated rings. The van der Waals surface area contributed by atoms with Gasteiger partial charge in [0.15, 0.2) is 17.5 Å². The predicted molar refractivity (Wildman–Crippen MR) is 147 cm³/mol. The fourth-order valence-electron chi connectivity index (χ4n) is 5.58. The van der Waals surface area contributed by atoms with Crippen LogP contribution in [0.1, 0.15) is 42.8 Å². The normalized spacial score (nSPS) is 18.4. The van der Waals surface area contributed by atoms with E-state index in [1.807, 2.05) is 38.2 Å². The van der Waals surface area contributed by atoms with Crippen molar-refractivity contribution in [1.29, 1.82) is 0 Å². The first kappa shape index (κ1) is 25.4. The average Bonchev–Trinajstić information content (AvgIpc) is 3.56. The highest BCUT2D eigenvalue weighted by Gasteiger charge is 2.40. The van der Waals surface area contributed by atoms with Gasteiger partial charge in [0.2, 0.25) is 5.95 Å². The molecule has 3 N–H and O–H groups in total. The Bertz CT molecular complexity index is 1420. The van der Waals surface area contributed by atoms with E-state index in [1.165, 1.54) is 17.1 Å². The minimum atomic E-state index is -0.374. The Labute approximate surface area is 226 Å². The highest BCUT2D eigenvalue weighted by atomic mass is 19.1. The smallest absolute Gasteiger partial charge is 0.227 e. The predicted octanol–water partition coefficient (Wildman–Crippen LogP) is 3.29. The van der Waals surface area contributed by atoms with Crippen molar-refractivity contribution in [3.8, 4) is 5.82 Å². The number of H-pyrrole nitrogens is 1. The third kappa shape index (κ3) is 5.48. The van der Waals surface area contributed by atoms with Gasteiger partial charge < -0.3 is 15.5 Å². The number of rotatable bonds is 6. The lowest BCUT2D eigenvalue weighted by Crippen LogP contribution is -2.64. The maximum atomic E-state index is 13.3. The third-order valence-electron chi connectivity index (χ3n) is 7.80. The molecule has 2 aliphatic heterocycles. The van der Waals surface area contributed by atoms with Crippen molar-refractivity contribution >= 4 is 17.6 Å². The molecule has 6 heterocycles. The second kappa shape index (κ2) is 10.3. The van der Waals surface area contributed by atoms with Gasteiger partial charge in [-0.1, -0.05) is 6.07 Å². The molecule has 6 rings (SSSR count). The molecule has 4 aromatic rings. The van der Waals surface area contributed by atoms with Crippen molar-refractivity contribution in [2.24, 2.45) is 0 Å². The second-order valence-electron chi connectivity index (χ2n) is 10.6. The van der Waals surface area contributed by atoms with E-state index >= 15 is 0 Å². The average molecular weight is 532 g/mol. The van der Waals surface area contributed by atoms with Gasteiger partial charge in [-0.05, 0) is 45.2 Å². The molecule has 0 aliphatic carbocycles. The van der Waals surface area contributed by atoms with Gasteiger partial charge in [-0.2, -0.15) is 15.2 Å². The van der Waals surface area contributed by atoms with Gasteiger partial charge in [0.25, 0.3) is 0 Å². The third-order valence-corrected chi connectivity index (χ3v) is 7.80. The number of anilines is 3. The zero-order valence-electron chi connectivity index (χ0n) is 22.5. The van der Waals surface area contributed by atoms with Crippen LogP contribution in [-0.2, 0) is 0 Å². The number of halogens is 1. The van der Waals surface area contributed by atoms with Gasteiger partial charge in [0.05, 0.1) is 12.4 Å². The molecule has 2 saturated heterocycles. The number of aromatic amines is 1. The second-order valence-corrected chi connectivity index (χ2v) is 10.6. The van der Waals surface area contributed by atoms with Gasteiger partial charge in [0.1, 0.15) is 5.82 Å². The van der Waals surface area contributed by atoms with Crippen LogP contribution >= 0.6 is 0 Å². The monoisotopic (exact) mass is 531 g/mol. The number of hydrogen-bond donors (Lipinski definition) is 3. The molecule has 0 bridgehead atoms. The lowest BCUT2D eigenvalue weighted by Gasteiger charge is -2.49. The van der Waals surface area contributed by atoms with E-state index in [4.69, 9.17) is 9.97 Å². The molecule has 1 spiro atoms. The fraction of sp³-hybridized carbons (Fsp3) is 0.444. The number of pyridine rings is 1. The highest BCUT2D eigenvalue weighted by molar-refractivity contribution is 5.54. The topological polar surface area (TPSA) is 116 Å². The van der Waals surface area contributed by atoms with E-state index in [-0.39, 0.29) is 17.4 Å². The molecule has 39 heavy (non-hydrogen) atoms. The Kier molecular flexibility index (Phi) is 6.73. The van der Waals surface area contributed by atoms with Crippen molar-refractivity contribution in [1.82, 2.24) is 45.1 Å². The van der Waals surface area contributed by atoms with Gasteiger partial charge in [-0.25, -0.2) is 19.0 Å². The van der Waals surface area contributed by atoms with Crippen LogP contribution in [0.2, 0.25) is 0 Å². The molecular formula is C27H34FN11. The van der Waals surface area contributed by atoms with Crippen molar-refractivity contribution in [3.63, 3.8) is 0 Å². The summed E-state index contributed by atoms with van der Waals surface area (Å²) in [5.41, 5.74) is 3.11. The molecule has 204 valence electrons. The van der Waals surface area contributed by atoms with Gasteiger partial charge in [0, 0.05) is 74.0 Å². The van der Waals surface area contributed by atoms with E-state index in [0.717, 1.165) is 80.1 Å². The molecular weight excluding hydrogens is 497 g/mol. The van der Waals surface area contributed by atoms with Gasteiger partial charge >= 0.3 is 0 Å². The van der Waals surface area contributed by atoms with Crippen molar-refractivity contribution in [2.45, 2.75) is 45.2 Å². The summed E-state index contributed by atoms with van der Waals surface area (Å²) < 4.78 is 14.8. The molecule has 4 aromatic heterocycles. The summed E-state index contributed by atoms with van der Waals surface area (Å²) >= 11 is 0. The maximum absolute atomic E-state index is 13.3. The van der Waals surface area contributed by atoms with Crippen LogP contribution < -0.4 is 15.5 Å². The van der Waals surface area contributed by atoms with Crippen molar-refractivity contribution < 1.29 is 4.39 Å². The van der Waals surface area contributed by atoms with E-state index in [2.05, 4.69) is 53.7 Å². The number of piperidine rings is 1. The number of nitrogens with zero attached hydrogens (tertiary/aromatic N) is 8. The lowest BCUT2D eigenvalue weighted by atomic mass is 9.84. The van der Waals surface area contributed by atoms with Gasteiger partial charge in [-0.3, -0.25) is 10.00 Å². The molecule has 12 heteroatoms. The first-order chi connectivity index (χ1) is 18.9. The quantitative estimate of drug-likeness (QED) is 0.345. The Hall–Kier alpha value is -3.90. The highest BCUT2D eigenvalue weighted by Crippen LogP contribution is 2.32. The molecule has 0 aromatic carbocycles. The van der Waals surface area contributed by atoms with Gasteiger partial charge in [-0.15, -0.1) is 0 Å². The van der Waals surface area contributed by atoms with Crippen LogP contribution in [0.3, 0.4) is 0 Å². The van der Waals surface area contributed by atoms with Crippen LogP contribution in [0.5, 0.6) is 0 Å². The minimum absolute atomic E-state index is 0.0560. The minimum Gasteiger partial charge on any atom is -0.341 e. The number of piperazine rings is 1. The Morgan fingerprint density at radius 3 is 2.59 bits per heavy atom. The number of aromatic nitrogens is 7. The van der Waals surface area contributed by atoms with E-state index in [1.54, 1.807) is 0 Å². The number of hydrogen-bond acceptors (Lipinski definition) is 9.